The average molecular weight is 351 g/mol. The fourth-order valence-electron chi connectivity index (χ4n) is 3.38. The standard InChI is InChI=1S/C20H21N3O3/c24-20(16-13-19(26-22-16)18-9-6-12-25-18)21-14-17(23-10-4-5-11-23)15-7-2-1-3-8-15/h1-3,6-9,12-13,17H,4-5,10-11,14H2,(H,21,24)/t17-/m1/s1. The molecule has 0 bridgehead atoms. The van der Waals surface area contributed by atoms with E-state index in [1.165, 1.54) is 18.4 Å². The number of nitrogens with zero attached hydrogens (tertiary/aromatic N) is 2. The molecule has 1 N–H and O–H groups in total. The minimum Gasteiger partial charge on any atom is -0.461 e. The highest BCUT2D eigenvalue weighted by molar-refractivity contribution is 5.92. The van der Waals surface area contributed by atoms with E-state index in [-0.39, 0.29) is 17.6 Å². The molecule has 1 aliphatic rings. The highest BCUT2D eigenvalue weighted by Crippen LogP contribution is 2.25. The number of amides is 1. The van der Waals surface area contributed by atoms with Gasteiger partial charge in [-0.05, 0) is 43.6 Å². The van der Waals surface area contributed by atoms with Gasteiger partial charge in [-0.1, -0.05) is 35.5 Å². The van der Waals surface area contributed by atoms with Crippen LogP contribution in [0.5, 0.6) is 0 Å². The predicted octanol–water partition coefficient (Wildman–Crippen LogP) is 3.50. The van der Waals surface area contributed by atoms with Crippen LogP contribution < -0.4 is 5.32 Å². The minimum absolute atomic E-state index is 0.166. The molecule has 1 fully saturated rings. The van der Waals surface area contributed by atoms with Crippen molar-refractivity contribution in [3.05, 3.63) is 66.1 Å². The molecule has 134 valence electrons. The second kappa shape index (κ2) is 7.58. The van der Waals surface area contributed by atoms with Gasteiger partial charge >= 0.3 is 0 Å². The second-order valence-corrected chi connectivity index (χ2v) is 6.43. The van der Waals surface area contributed by atoms with Crippen molar-refractivity contribution in [3.8, 4) is 11.5 Å². The van der Waals surface area contributed by atoms with Crippen LogP contribution in [0.4, 0.5) is 0 Å². The Morgan fingerprint density at radius 3 is 2.65 bits per heavy atom. The van der Waals surface area contributed by atoms with Crippen molar-refractivity contribution < 1.29 is 13.7 Å². The summed E-state index contributed by atoms with van der Waals surface area (Å²) in [4.78, 5) is 14.9. The molecule has 3 aromatic rings. The Balaban J connectivity index is 1.44. The Bertz CT molecular complexity index is 836. The number of nitrogens with one attached hydrogen (secondary N) is 1. The van der Waals surface area contributed by atoms with E-state index >= 15 is 0 Å². The molecule has 3 heterocycles. The molecule has 0 spiro atoms. The van der Waals surface area contributed by atoms with Gasteiger partial charge in [-0.3, -0.25) is 9.69 Å². The Kier molecular flexibility index (Phi) is 4.84. The summed E-state index contributed by atoms with van der Waals surface area (Å²) in [6.45, 7) is 2.65. The molecule has 6 nitrogen and oxygen atoms in total. The zero-order valence-corrected chi connectivity index (χ0v) is 14.4. The summed E-state index contributed by atoms with van der Waals surface area (Å²) in [5.41, 5.74) is 1.47. The molecule has 2 aromatic heterocycles. The summed E-state index contributed by atoms with van der Waals surface area (Å²) in [5.74, 6) is 0.752. The lowest BCUT2D eigenvalue weighted by Gasteiger charge is -2.28. The maximum Gasteiger partial charge on any atom is 0.273 e. The average Bonchev–Trinajstić information content (AvgIpc) is 3.43. The molecule has 26 heavy (non-hydrogen) atoms. The fourth-order valence-corrected chi connectivity index (χ4v) is 3.38. The Hall–Kier alpha value is -2.86. The van der Waals surface area contributed by atoms with Crippen molar-refractivity contribution in [2.45, 2.75) is 18.9 Å². The molecule has 6 heteroatoms. The van der Waals surface area contributed by atoms with E-state index in [2.05, 4.69) is 27.5 Å². The molecule has 1 aliphatic heterocycles. The van der Waals surface area contributed by atoms with Crippen LogP contribution in [0, 0.1) is 0 Å². The number of furan rings is 1. The van der Waals surface area contributed by atoms with Crippen molar-refractivity contribution >= 4 is 5.91 Å². The maximum atomic E-state index is 12.5. The van der Waals surface area contributed by atoms with Crippen LogP contribution in [-0.2, 0) is 0 Å². The number of benzene rings is 1. The molecule has 1 amide bonds. The van der Waals surface area contributed by atoms with Crippen LogP contribution in [0.3, 0.4) is 0 Å². The summed E-state index contributed by atoms with van der Waals surface area (Å²) < 4.78 is 10.5. The lowest BCUT2D eigenvalue weighted by atomic mass is 10.1. The lowest BCUT2D eigenvalue weighted by molar-refractivity contribution is 0.0929. The van der Waals surface area contributed by atoms with E-state index in [1.807, 2.05) is 18.2 Å². The first kappa shape index (κ1) is 16.6. The number of hydrogen-bond donors (Lipinski definition) is 1. The zero-order chi connectivity index (χ0) is 17.8. The Morgan fingerprint density at radius 1 is 1.12 bits per heavy atom. The van der Waals surface area contributed by atoms with Gasteiger partial charge < -0.3 is 14.3 Å². The van der Waals surface area contributed by atoms with E-state index in [9.17, 15) is 4.79 Å². The number of likely N-dealkylation sites (tertiary alicyclic amines) is 1. The van der Waals surface area contributed by atoms with Crippen molar-refractivity contribution in [2.75, 3.05) is 19.6 Å². The lowest BCUT2D eigenvalue weighted by Crippen LogP contribution is -2.36. The van der Waals surface area contributed by atoms with E-state index in [4.69, 9.17) is 8.94 Å². The summed E-state index contributed by atoms with van der Waals surface area (Å²) in [5, 5.41) is 6.86. The van der Waals surface area contributed by atoms with Crippen LogP contribution in [0.1, 0.15) is 34.9 Å². The highest BCUT2D eigenvalue weighted by atomic mass is 16.5. The topological polar surface area (TPSA) is 71.5 Å². The normalized spacial score (nSPS) is 15.8. The molecule has 0 aliphatic carbocycles. The van der Waals surface area contributed by atoms with Gasteiger partial charge in [0, 0.05) is 12.6 Å². The van der Waals surface area contributed by atoms with Crippen molar-refractivity contribution in [1.82, 2.24) is 15.4 Å². The molecule has 1 aromatic carbocycles. The highest BCUT2D eigenvalue weighted by Gasteiger charge is 2.24. The van der Waals surface area contributed by atoms with Gasteiger partial charge in [-0.15, -0.1) is 0 Å². The molecule has 1 saturated heterocycles. The molecule has 0 unspecified atom stereocenters. The molecular weight excluding hydrogens is 330 g/mol. The van der Waals surface area contributed by atoms with Gasteiger partial charge in [-0.2, -0.15) is 0 Å². The van der Waals surface area contributed by atoms with Gasteiger partial charge in [0.15, 0.2) is 11.5 Å². The smallest absolute Gasteiger partial charge is 0.273 e. The van der Waals surface area contributed by atoms with Gasteiger partial charge in [0.05, 0.1) is 12.3 Å². The summed E-state index contributed by atoms with van der Waals surface area (Å²) in [6, 6.07) is 15.6. The molecule has 4 rings (SSSR count). The van der Waals surface area contributed by atoms with E-state index in [1.54, 1.807) is 24.5 Å². The summed E-state index contributed by atoms with van der Waals surface area (Å²) in [6.07, 6.45) is 3.96. The summed E-state index contributed by atoms with van der Waals surface area (Å²) >= 11 is 0. The van der Waals surface area contributed by atoms with Crippen LogP contribution in [0.15, 0.2) is 63.7 Å². The Morgan fingerprint density at radius 2 is 1.92 bits per heavy atom. The molecule has 1 atom stereocenters. The minimum atomic E-state index is -0.244. The van der Waals surface area contributed by atoms with Gasteiger partial charge in [0.2, 0.25) is 5.76 Å². The third-order valence-corrected chi connectivity index (χ3v) is 4.73. The van der Waals surface area contributed by atoms with Crippen molar-refractivity contribution in [2.24, 2.45) is 0 Å². The van der Waals surface area contributed by atoms with Crippen molar-refractivity contribution in [1.29, 1.82) is 0 Å². The van der Waals surface area contributed by atoms with Crippen LogP contribution in [0.2, 0.25) is 0 Å². The number of rotatable bonds is 6. The zero-order valence-electron chi connectivity index (χ0n) is 14.4. The van der Waals surface area contributed by atoms with Crippen LogP contribution in [0.25, 0.3) is 11.5 Å². The Labute approximate surface area is 151 Å². The largest absolute Gasteiger partial charge is 0.461 e. The SMILES string of the molecule is O=C(NC[C@H](c1ccccc1)N1CCCC1)c1cc(-c2ccco2)on1. The first-order chi connectivity index (χ1) is 12.8. The van der Waals surface area contributed by atoms with Gasteiger partial charge in [-0.25, -0.2) is 0 Å². The van der Waals surface area contributed by atoms with Crippen LogP contribution in [-0.4, -0.2) is 35.6 Å². The number of carbonyl (C=O) groups is 1. The van der Waals surface area contributed by atoms with E-state index in [0.29, 0.717) is 18.1 Å². The summed E-state index contributed by atoms with van der Waals surface area (Å²) in [7, 11) is 0. The molecular formula is C20H21N3O3. The van der Waals surface area contributed by atoms with Gasteiger partial charge in [0.25, 0.3) is 5.91 Å². The van der Waals surface area contributed by atoms with E-state index < -0.39 is 0 Å². The van der Waals surface area contributed by atoms with Crippen molar-refractivity contribution in [3.63, 3.8) is 0 Å². The first-order valence-corrected chi connectivity index (χ1v) is 8.89. The van der Waals surface area contributed by atoms with E-state index in [0.717, 1.165) is 13.1 Å². The molecule has 0 radical (unpaired) electrons. The third kappa shape index (κ3) is 3.55. The third-order valence-electron chi connectivity index (χ3n) is 4.73. The number of carbonyl (C=O) groups excluding carboxylic acids is 1. The fraction of sp³-hybridized carbons (Fsp3) is 0.300. The first-order valence-electron chi connectivity index (χ1n) is 8.89. The van der Waals surface area contributed by atoms with Gasteiger partial charge in [0.1, 0.15) is 0 Å². The molecule has 0 saturated carbocycles. The van der Waals surface area contributed by atoms with Crippen LogP contribution >= 0.6 is 0 Å². The second-order valence-electron chi connectivity index (χ2n) is 6.43. The quantitative estimate of drug-likeness (QED) is 0.736. The predicted molar refractivity (Wildman–Crippen MR) is 96.5 cm³/mol. The maximum absolute atomic E-state index is 12.5. The monoisotopic (exact) mass is 351 g/mol. The number of aromatic nitrogens is 1. The number of hydrogen-bond acceptors (Lipinski definition) is 5.